The number of ether oxygens (including phenoxy) is 1. The molecule has 0 bridgehead atoms. The molecule has 1 N–H and O–H groups in total. The smallest absolute Gasteiger partial charge is 0.307 e. The third kappa shape index (κ3) is 3.01. The highest BCUT2D eigenvalue weighted by atomic mass is 35.5. The molecule has 8 nitrogen and oxygen atoms in total. The van der Waals surface area contributed by atoms with Crippen LogP contribution < -0.4 is 10.2 Å². The van der Waals surface area contributed by atoms with Crippen molar-refractivity contribution in [1.29, 1.82) is 0 Å². The molecule has 3 heterocycles. The summed E-state index contributed by atoms with van der Waals surface area (Å²) in [6.07, 6.45) is -0.338. The second-order valence-corrected chi connectivity index (χ2v) is 8.86. The molecule has 0 saturated carbocycles. The highest BCUT2D eigenvalue weighted by Gasteiger charge is 2.73. The monoisotopic (exact) mass is 467 g/mol. The molecule has 3 amide bonds. The number of piperazine rings is 1. The van der Waals surface area contributed by atoms with Crippen LogP contribution in [0.15, 0.2) is 54.6 Å². The number of para-hydroxylation sites is 1. The molecule has 2 aromatic rings. The number of fused-ring (bicyclic) bond motifs is 3. The number of anilines is 1. The zero-order valence-electron chi connectivity index (χ0n) is 17.9. The van der Waals surface area contributed by atoms with Crippen LogP contribution in [0.25, 0.3) is 0 Å². The van der Waals surface area contributed by atoms with Gasteiger partial charge in [0.15, 0.2) is 0 Å². The molecule has 2 aromatic carbocycles. The molecule has 3 saturated heterocycles. The van der Waals surface area contributed by atoms with Gasteiger partial charge < -0.3 is 10.1 Å². The number of carbonyl (C=O) groups is 4. The van der Waals surface area contributed by atoms with Crippen molar-refractivity contribution in [3.8, 4) is 0 Å². The van der Waals surface area contributed by atoms with E-state index in [1.807, 2.05) is 35.2 Å². The first-order chi connectivity index (χ1) is 15.9. The van der Waals surface area contributed by atoms with Crippen molar-refractivity contribution in [1.82, 2.24) is 10.2 Å². The number of amides is 3. The number of hydrogen-bond donors (Lipinski definition) is 1. The highest BCUT2D eigenvalue weighted by Crippen LogP contribution is 2.57. The Morgan fingerprint density at radius 2 is 1.79 bits per heavy atom. The maximum atomic E-state index is 13.9. The minimum atomic E-state index is -1.54. The van der Waals surface area contributed by atoms with E-state index in [-0.39, 0.29) is 17.1 Å². The van der Waals surface area contributed by atoms with Gasteiger partial charge in [0.25, 0.3) is 0 Å². The fraction of sp³-hybridized carbons (Fsp3) is 0.333. The summed E-state index contributed by atoms with van der Waals surface area (Å²) in [4.78, 5) is 56.7. The van der Waals surface area contributed by atoms with Crippen molar-refractivity contribution in [2.24, 2.45) is 11.8 Å². The van der Waals surface area contributed by atoms with Gasteiger partial charge >= 0.3 is 5.97 Å². The summed E-state index contributed by atoms with van der Waals surface area (Å²) in [6, 6.07) is 15.3. The minimum absolute atomic E-state index is 0.252. The van der Waals surface area contributed by atoms with Gasteiger partial charge in [-0.15, -0.1) is 0 Å². The summed E-state index contributed by atoms with van der Waals surface area (Å²) < 4.78 is 4.91. The molecule has 0 unspecified atom stereocenters. The van der Waals surface area contributed by atoms with Crippen LogP contribution in [0.2, 0.25) is 5.02 Å². The van der Waals surface area contributed by atoms with Gasteiger partial charge in [-0.05, 0) is 17.7 Å². The summed E-state index contributed by atoms with van der Waals surface area (Å²) in [5.74, 6) is -3.97. The number of carbonyl (C=O) groups excluding carboxylic acids is 4. The molecule has 3 aliphatic rings. The second-order valence-electron chi connectivity index (χ2n) is 8.45. The number of hydrogen-bond acceptors (Lipinski definition) is 6. The van der Waals surface area contributed by atoms with Crippen molar-refractivity contribution >= 4 is 41.0 Å². The molecule has 4 atom stereocenters. The predicted octanol–water partition coefficient (Wildman–Crippen LogP) is 1.93. The van der Waals surface area contributed by atoms with E-state index in [4.69, 9.17) is 16.3 Å². The lowest BCUT2D eigenvalue weighted by Gasteiger charge is -2.45. The van der Waals surface area contributed by atoms with Crippen molar-refractivity contribution in [2.45, 2.75) is 18.0 Å². The SMILES string of the molecule is COC(=O)C[C@]12C(=O)NCCN1[C@H](c1ccccc1)[C@@H]1C(=O)N(c3ccccc3Cl)C(=O)[C@H]12. The van der Waals surface area contributed by atoms with E-state index in [0.717, 1.165) is 10.5 Å². The van der Waals surface area contributed by atoms with E-state index < -0.39 is 47.1 Å². The van der Waals surface area contributed by atoms with Crippen LogP contribution >= 0.6 is 11.6 Å². The molecule has 3 fully saturated rings. The van der Waals surface area contributed by atoms with Gasteiger partial charge in [-0.1, -0.05) is 54.1 Å². The molecule has 0 aliphatic carbocycles. The zero-order chi connectivity index (χ0) is 23.3. The van der Waals surface area contributed by atoms with Gasteiger partial charge in [0.2, 0.25) is 17.7 Å². The van der Waals surface area contributed by atoms with E-state index in [2.05, 4.69) is 5.32 Å². The average Bonchev–Trinajstić information content (AvgIpc) is 3.26. The third-order valence-electron chi connectivity index (χ3n) is 6.96. The van der Waals surface area contributed by atoms with Crippen molar-refractivity contribution in [2.75, 3.05) is 25.1 Å². The van der Waals surface area contributed by atoms with E-state index >= 15 is 0 Å². The quantitative estimate of drug-likeness (QED) is 0.545. The lowest BCUT2D eigenvalue weighted by molar-refractivity contribution is -0.154. The molecule has 0 aromatic heterocycles. The van der Waals surface area contributed by atoms with Gasteiger partial charge in [0, 0.05) is 19.1 Å². The van der Waals surface area contributed by atoms with Crippen LogP contribution in [0.3, 0.4) is 0 Å². The first-order valence-corrected chi connectivity index (χ1v) is 11.1. The van der Waals surface area contributed by atoms with Gasteiger partial charge in [-0.3, -0.25) is 24.1 Å². The van der Waals surface area contributed by atoms with Crippen LogP contribution in [-0.4, -0.2) is 54.3 Å². The lowest BCUT2D eigenvalue weighted by atomic mass is 9.76. The number of nitrogens with one attached hydrogen (secondary N) is 1. The van der Waals surface area contributed by atoms with Crippen LogP contribution in [0.5, 0.6) is 0 Å². The van der Waals surface area contributed by atoms with Gasteiger partial charge in [-0.25, -0.2) is 4.90 Å². The normalized spacial score (nSPS) is 29.0. The van der Waals surface area contributed by atoms with Gasteiger partial charge in [-0.2, -0.15) is 0 Å². The van der Waals surface area contributed by atoms with Crippen LogP contribution in [-0.2, 0) is 23.9 Å². The standard InChI is InChI=1S/C24H22ClN3O5/c1-33-17(29)13-24-19-18(21(30)28(22(19)31)16-10-6-5-9-15(16)25)20(14-7-3-2-4-8-14)27(24)12-11-26-23(24)32/h2-10,18-20H,11-13H2,1H3,(H,26,32)/t18-,19+,20-,24+/m1/s1. The van der Waals surface area contributed by atoms with Gasteiger partial charge in [0.05, 0.1) is 36.1 Å². The average molecular weight is 468 g/mol. The number of benzene rings is 2. The Morgan fingerprint density at radius 3 is 2.48 bits per heavy atom. The molecule has 33 heavy (non-hydrogen) atoms. The molecule has 170 valence electrons. The molecule has 9 heteroatoms. The molecular formula is C24H22ClN3O5. The maximum Gasteiger partial charge on any atom is 0.307 e. The van der Waals surface area contributed by atoms with Crippen molar-refractivity contribution < 1.29 is 23.9 Å². The summed E-state index contributed by atoms with van der Waals surface area (Å²) in [6.45, 7) is 0.739. The summed E-state index contributed by atoms with van der Waals surface area (Å²) in [5.41, 5.74) is -0.471. The number of halogens is 1. The highest BCUT2D eigenvalue weighted by molar-refractivity contribution is 6.36. The fourth-order valence-electron chi connectivity index (χ4n) is 5.68. The summed E-state index contributed by atoms with van der Waals surface area (Å²) in [7, 11) is 1.24. The lowest BCUT2D eigenvalue weighted by Crippen LogP contribution is -2.67. The number of methoxy groups -OCH3 is 1. The number of rotatable bonds is 4. The first-order valence-electron chi connectivity index (χ1n) is 10.7. The number of nitrogens with zero attached hydrogens (tertiary/aromatic N) is 2. The zero-order valence-corrected chi connectivity index (χ0v) is 18.6. The number of imide groups is 1. The van der Waals surface area contributed by atoms with Crippen molar-refractivity contribution in [3.63, 3.8) is 0 Å². The van der Waals surface area contributed by atoms with E-state index in [1.165, 1.54) is 7.11 Å². The molecule has 3 aliphatic heterocycles. The molecular weight excluding hydrogens is 446 g/mol. The first kappa shape index (κ1) is 21.6. The number of esters is 1. The second kappa shape index (κ2) is 7.97. The fourth-order valence-corrected chi connectivity index (χ4v) is 5.90. The van der Waals surface area contributed by atoms with Crippen LogP contribution in [0.4, 0.5) is 5.69 Å². The Balaban J connectivity index is 1.72. The van der Waals surface area contributed by atoms with Crippen molar-refractivity contribution in [3.05, 3.63) is 65.2 Å². The summed E-state index contributed by atoms with van der Waals surface area (Å²) in [5, 5.41) is 3.07. The Labute approximate surface area is 195 Å². The van der Waals surface area contributed by atoms with E-state index in [9.17, 15) is 19.2 Å². The largest absolute Gasteiger partial charge is 0.469 e. The Hall–Kier alpha value is -3.23. The minimum Gasteiger partial charge on any atom is -0.469 e. The molecule has 0 radical (unpaired) electrons. The molecule has 0 spiro atoms. The van der Waals surface area contributed by atoms with Crippen LogP contribution in [0, 0.1) is 11.8 Å². The maximum absolute atomic E-state index is 13.9. The predicted molar refractivity (Wildman–Crippen MR) is 119 cm³/mol. The topological polar surface area (TPSA) is 96.0 Å². The summed E-state index contributed by atoms with van der Waals surface area (Å²) >= 11 is 6.34. The molecule has 5 rings (SSSR count). The Bertz CT molecular complexity index is 1160. The Kier molecular flexibility index (Phi) is 5.22. The van der Waals surface area contributed by atoms with E-state index in [1.54, 1.807) is 24.3 Å². The third-order valence-corrected chi connectivity index (χ3v) is 7.28. The van der Waals surface area contributed by atoms with Crippen LogP contribution in [0.1, 0.15) is 18.0 Å². The Morgan fingerprint density at radius 1 is 1.09 bits per heavy atom. The van der Waals surface area contributed by atoms with E-state index in [0.29, 0.717) is 13.1 Å². The van der Waals surface area contributed by atoms with Gasteiger partial charge in [0.1, 0.15) is 5.54 Å².